The third-order valence-corrected chi connectivity index (χ3v) is 6.85. The second-order valence-corrected chi connectivity index (χ2v) is 9.86. The number of piperidine rings is 1. The van der Waals surface area contributed by atoms with Crippen LogP contribution in [-0.2, 0) is 33.3 Å². The maximum absolute atomic E-state index is 13.8. The molecule has 0 spiro atoms. The van der Waals surface area contributed by atoms with E-state index < -0.39 is 65.4 Å². The van der Waals surface area contributed by atoms with Crippen molar-refractivity contribution in [1.82, 2.24) is 15.1 Å². The van der Waals surface area contributed by atoms with Crippen LogP contribution >= 0.6 is 0 Å². The van der Waals surface area contributed by atoms with Crippen LogP contribution in [0.15, 0.2) is 36.4 Å². The third kappa shape index (κ3) is 7.51. The Hall–Kier alpha value is -3.64. The Morgan fingerprint density at radius 2 is 1.60 bits per heavy atom. The zero-order chi connectivity index (χ0) is 30.0. The molecule has 3 rings (SSSR count). The summed E-state index contributed by atoms with van der Waals surface area (Å²) in [7, 11) is 1.28. The number of carbonyl (C=O) groups is 3. The number of aryl methyl sites for hydroxylation is 1. The molecule has 13 heteroatoms. The Labute approximate surface area is 226 Å². The monoisotopic (exact) mass is 575 g/mol. The molecule has 2 aromatic rings. The van der Waals surface area contributed by atoms with Crippen LogP contribution in [0.3, 0.4) is 0 Å². The number of rotatable bonds is 6. The molecule has 0 aliphatic carbocycles. The number of hydrogen-bond acceptors (Lipinski definition) is 3. The molecule has 1 aliphatic heterocycles. The average molecular weight is 576 g/mol. The molecule has 0 radical (unpaired) electrons. The molecule has 2 unspecified atom stereocenters. The quantitative estimate of drug-likeness (QED) is 0.499. The molecule has 218 valence electrons. The van der Waals surface area contributed by atoms with Crippen molar-refractivity contribution in [2.45, 2.75) is 45.1 Å². The van der Waals surface area contributed by atoms with Gasteiger partial charge in [-0.15, -0.1) is 0 Å². The van der Waals surface area contributed by atoms with E-state index in [9.17, 15) is 45.1 Å². The minimum absolute atomic E-state index is 0.0202. The molecule has 3 amide bonds. The van der Waals surface area contributed by atoms with Crippen molar-refractivity contribution in [3.05, 3.63) is 70.0 Å². The van der Waals surface area contributed by atoms with Gasteiger partial charge in [-0.3, -0.25) is 14.4 Å². The molecule has 40 heavy (non-hydrogen) atoms. The summed E-state index contributed by atoms with van der Waals surface area (Å²) < 4.78 is 93.6. The summed E-state index contributed by atoms with van der Waals surface area (Å²) in [6.07, 6.45) is -9.92. The highest BCUT2D eigenvalue weighted by atomic mass is 19.4. The lowest BCUT2D eigenvalue weighted by molar-refractivity contribution is -0.143. The Balaban J connectivity index is 1.90. The lowest BCUT2D eigenvalue weighted by Crippen LogP contribution is -2.50. The Kier molecular flexibility index (Phi) is 9.15. The third-order valence-electron chi connectivity index (χ3n) is 6.85. The van der Waals surface area contributed by atoms with Gasteiger partial charge in [0.2, 0.25) is 17.7 Å². The summed E-state index contributed by atoms with van der Waals surface area (Å²) in [5.74, 6) is -3.31. The highest BCUT2D eigenvalue weighted by molar-refractivity contribution is 5.85. The number of likely N-dealkylation sites (tertiary alicyclic amines) is 1. The predicted molar refractivity (Wildman–Crippen MR) is 130 cm³/mol. The van der Waals surface area contributed by atoms with Gasteiger partial charge in [-0.25, -0.2) is 4.39 Å². The van der Waals surface area contributed by atoms with E-state index in [2.05, 4.69) is 5.32 Å². The fourth-order valence-corrected chi connectivity index (χ4v) is 4.90. The van der Waals surface area contributed by atoms with Gasteiger partial charge >= 0.3 is 12.4 Å². The molecule has 1 heterocycles. The van der Waals surface area contributed by atoms with Crippen molar-refractivity contribution in [3.63, 3.8) is 0 Å². The number of nitrogens with one attached hydrogen (secondary N) is 1. The van der Waals surface area contributed by atoms with E-state index >= 15 is 0 Å². The summed E-state index contributed by atoms with van der Waals surface area (Å²) in [4.78, 5) is 40.0. The summed E-state index contributed by atoms with van der Waals surface area (Å²) >= 11 is 0. The van der Waals surface area contributed by atoms with Gasteiger partial charge in [0.05, 0.1) is 17.7 Å². The zero-order valence-electron chi connectivity index (χ0n) is 21.9. The van der Waals surface area contributed by atoms with E-state index in [0.29, 0.717) is 23.3 Å². The average Bonchev–Trinajstić information content (AvgIpc) is 2.85. The lowest BCUT2D eigenvalue weighted by atomic mass is 9.78. The lowest BCUT2D eigenvalue weighted by Gasteiger charge is -2.40. The van der Waals surface area contributed by atoms with Crippen LogP contribution in [0.25, 0.3) is 0 Å². The molecule has 0 bridgehead atoms. The van der Waals surface area contributed by atoms with Crippen molar-refractivity contribution < 1.29 is 45.1 Å². The van der Waals surface area contributed by atoms with Crippen molar-refractivity contribution >= 4 is 17.7 Å². The number of carbonyl (C=O) groups excluding carboxylic acids is 3. The molecule has 1 fully saturated rings. The number of alkyl halides is 6. The molecular weight excluding hydrogens is 547 g/mol. The summed E-state index contributed by atoms with van der Waals surface area (Å²) in [5, 5.41) is 2.41. The van der Waals surface area contributed by atoms with E-state index in [1.807, 2.05) is 0 Å². The number of hydrogen-bond donors (Lipinski definition) is 1. The number of amides is 3. The molecule has 0 saturated carbocycles. The van der Waals surface area contributed by atoms with Crippen LogP contribution in [-0.4, -0.2) is 54.2 Å². The van der Waals surface area contributed by atoms with Crippen LogP contribution in [0.4, 0.5) is 30.7 Å². The fourth-order valence-electron chi connectivity index (χ4n) is 4.90. The highest BCUT2D eigenvalue weighted by Gasteiger charge is 2.40. The minimum atomic E-state index is -5.03. The molecule has 1 saturated heterocycles. The van der Waals surface area contributed by atoms with Crippen LogP contribution < -0.4 is 5.32 Å². The smallest absolute Gasteiger partial charge is 0.347 e. The first-order valence-corrected chi connectivity index (χ1v) is 12.3. The fraction of sp³-hybridized carbons (Fsp3) is 0.444. The van der Waals surface area contributed by atoms with Gasteiger partial charge in [-0.05, 0) is 60.4 Å². The second-order valence-electron chi connectivity index (χ2n) is 9.86. The Morgan fingerprint density at radius 1 is 1.00 bits per heavy atom. The second kappa shape index (κ2) is 11.8. The van der Waals surface area contributed by atoms with Gasteiger partial charge in [0.15, 0.2) is 0 Å². The van der Waals surface area contributed by atoms with Crippen molar-refractivity contribution in [1.29, 1.82) is 0 Å². The first-order valence-electron chi connectivity index (χ1n) is 12.3. The molecular formula is C27H28F7N3O3. The summed E-state index contributed by atoms with van der Waals surface area (Å²) in [6, 6.07) is 5.12. The van der Waals surface area contributed by atoms with Crippen molar-refractivity contribution in [2.24, 2.45) is 5.92 Å². The normalized spacial score (nSPS) is 17.9. The van der Waals surface area contributed by atoms with Gasteiger partial charge in [0.25, 0.3) is 0 Å². The van der Waals surface area contributed by atoms with Crippen molar-refractivity contribution in [3.8, 4) is 0 Å². The Bertz CT molecular complexity index is 1240. The largest absolute Gasteiger partial charge is 0.416 e. The molecule has 1 N–H and O–H groups in total. The van der Waals surface area contributed by atoms with Gasteiger partial charge in [0, 0.05) is 45.4 Å². The molecule has 2 aromatic carbocycles. The highest BCUT2D eigenvalue weighted by Crippen LogP contribution is 2.38. The SMILES string of the molecule is CC(=O)NCC(=O)N1CCC(C(=O)N(C)Cc2cc(C(F)(F)F)cc(C(F)(F)F)c2)C(c2ccc(F)cc2C)C1. The molecule has 6 nitrogen and oxygen atoms in total. The molecule has 2 atom stereocenters. The summed E-state index contributed by atoms with van der Waals surface area (Å²) in [5.41, 5.74) is -2.23. The first-order chi connectivity index (χ1) is 18.5. The zero-order valence-corrected chi connectivity index (χ0v) is 21.9. The van der Waals surface area contributed by atoms with Gasteiger partial charge < -0.3 is 15.1 Å². The number of benzene rings is 2. The summed E-state index contributed by atoms with van der Waals surface area (Å²) in [6.45, 7) is 2.25. The van der Waals surface area contributed by atoms with Gasteiger partial charge in [-0.2, -0.15) is 26.3 Å². The van der Waals surface area contributed by atoms with E-state index in [0.717, 1.165) is 4.90 Å². The molecule has 1 aliphatic rings. The molecule has 0 aromatic heterocycles. The van der Waals surface area contributed by atoms with E-state index in [-0.39, 0.29) is 37.7 Å². The van der Waals surface area contributed by atoms with E-state index in [1.165, 1.54) is 37.1 Å². The Morgan fingerprint density at radius 3 is 2.12 bits per heavy atom. The van der Waals surface area contributed by atoms with Crippen LogP contribution in [0.5, 0.6) is 0 Å². The van der Waals surface area contributed by atoms with Gasteiger partial charge in [-0.1, -0.05) is 6.07 Å². The minimum Gasteiger partial charge on any atom is -0.347 e. The van der Waals surface area contributed by atoms with E-state index in [1.54, 1.807) is 6.92 Å². The number of halogens is 7. The predicted octanol–water partition coefficient (Wildman–Crippen LogP) is 4.90. The maximum atomic E-state index is 13.8. The van der Waals surface area contributed by atoms with Crippen LogP contribution in [0, 0.1) is 18.7 Å². The first kappa shape index (κ1) is 30.9. The van der Waals surface area contributed by atoms with E-state index in [4.69, 9.17) is 0 Å². The standard InChI is InChI=1S/C27H28F7N3O3/c1-15-8-20(28)4-5-21(15)23-14-37(24(39)12-35-16(2)38)7-6-22(23)25(40)36(3)13-17-9-18(26(29,30)31)11-19(10-17)27(32,33)34/h4-5,8-11,22-23H,6-7,12-14H2,1-3H3,(H,35,38). The van der Waals surface area contributed by atoms with Crippen molar-refractivity contribution in [2.75, 3.05) is 26.7 Å². The van der Waals surface area contributed by atoms with Crippen LogP contribution in [0.1, 0.15) is 47.1 Å². The topological polar surface area (TPSA) is 69.7 Å². The van der Waals surface area contributed by atoms with Gasteiger partial charge in [0.1, 0.15) is 5.82 Å². The maximum Gasteiger partial charge on any atom is 0.416 e. The van der Waals surface area contributed by atoms with Crippen LogP contribution in [0.2, 0.25) is 0 Å². The number of nitrogens with zero attached hydrogens (tertiary/aromatic N) is 2.